The molecule has 2 N–H and O–H groups in total. The van der Waals surface area contributed by atoms with Gasteiger partial charge in [-0.3, -0.25) is 0 Å². The number of halogens is 2. The summed E-state index contributed by atoms with van der Waals surface area (Å²) in [5, 5.41) is 0.919. The molecule has 0 spiro atoms. The average molecular weight is 297 g/mol. The summed E-state index contributed by atoms with van der Waals surface area (Å²) in [5.74, 6) is 0.781. The number of methoxy groups -OCH3 is 1. The Balaban J connectivity index is 2.43. The molecule has 19 heavy (non-hydrogen) atoms. The van der Waals surface area contributed by atoms with Crippen LogP contribution >= 0.6 is 23.2 Å². The molecule has 0 aliphatic heterocycles. The Hall–Kier alpha value is -1.58. The van der Waals surface area contributed by atoms with E-state index < -0.39 is 0 Å². The Morgan fingerprint density at radius 3 is 2.47 bits per heavy atom. The number of benzene rings is 2. The summed E-state index contributed by atoms with van der Waals surface area (Å²) in [4.78, 5) is 1.93. The van der Waals surface area contributed by atoms with E-state index >= 15 is 0 Å². The van der Waals surface area contributed by atoms with Gasteiger partial charge < -0.3 is 15.4 Å². The van der Waals surface area contributed by atoms with E-state index in [2.05, 4.69) is 0 Å². The number of ether oxygens (including phenoxy) is 1. The number of nitrogen functional groups attached to an aromatic ring is 1. The van der Waals surface area contributed by atoms with Gasteiger partial charge >= 0.3 is 0 Å². The molecule has 0 aliphatic carbocycles. The van der Waals surface area contributed by atoms with Crippen LogP contribution in [0.25, 0.3) is 0 Å². The number of rotatable bonds is 3. The molecule has 0 unspecified atom stereocenters. The summed E-state index contributed by atoms with van der Waals surface area (Å²) < 4.78 is 5.21. The van der Waals surface area contributed by atoms with E-state index in [1.165, 1.54) is 0 Å². The Labute approximate surface area is 122 Å². The van der Waals surface area contributed by atoms with Crippen LogP contribution in [0.3, 0.4) is 0 Å². The van der Waals surface area contributed by atoms with E-state index in [1.54, 1.807) is 19.2 Å². The zero-order valence-electron chi connectivity index (χ0n) is 10.7. The molecule has 0 amide bonds. The quantitative estimate of drug-likeness (QED) is 0.856. The summed E-state index contributed by atoms with van der Waals surface area (Å²) in [6.45, 7) is 0. The van der Waals surface area contributed by atoms with Crippen molar-refractivity contribution in [1.29, 1.82) is 0 Å². The van der Waals surface area contributed by atoms with Crippen LogP contribution in [0.15, 0.2) is 36.4 Å². The fourth-order valence-electron chi connectivity index (χ4n) is 1.80. The van der Waals surface area contributed by atoms with Crippen LogP contribution in [0, 0.1) is 0 Å². The molecule has 0 heterocycles. The van der Waals surface area contributed by atoms with Crippen LogP contribution in [0.4, 0.5) is 17.1 Å². The first-order chi connectivity index (χ1) is 9.02. The molecular weight excluding hydrogens is 283 g/mol. The molecule has 3 nitrogen and oxygen atoms in total. The number of nitrogens with zero attached hydrogens (tertiary/aromatic N) is 1. The van der Waals surface area contributed by atoms with Crippen molar-refractivity contribution in [2.75, 3.05) is 24.8 Å². The zero-order chi connectivity index (χ0) is 14.0. The van der Waals surface area contributed by atoms with E-state index in [0.29, 0.717) is 15.7 Å². The Morgan fingerprint density at radius 1 is 1.11 bits per heavy atom. The molecule has 0 radical (unpaired) electrons. The second kappa shape index (κ2) is 5.59. The SMILES string of the molecule is COc1cccc(N(C)c2cc(Cl)c(Cl)cc2N)c1. The number of hydrogen-bond donors (Lipinski definition) is 1. The summed E-state index contributed by atoms with van der Waals surface area (Å²) in [6, 6.07) is 11.1. The van der Waals surface area contributed by atoms with Crippen molar-refractivity contribution in [2.45, 2.75) is 0 Å². The summed E-state index contributed by atoms with van der Waals surface area (Å²) in [5.41, 5.74) is 8.29. The highest BCUT2D eigenvalue weighted by Crippen LogP contribution is 2.36. The Kier molecular flexibility index (Phi) is 4.08. The van der Waals surface area contributed by atoms with Crippen LogP contribution in [-0.4, -0.2) is 14.2 Å². The Bertz CT molecular complexity index is 602. The average Bonchev–Trinajstić information content (AvgIpc) is 2.42. The number of anilines is 3. The molecule has 2 aromatic carbocycles. The molecular formula is C14H14Cl2N2O. The maximum absolute atomic E-state index is 6.04. The second-order valence-corrected chi connectivity index (χ2v) is 4.90. The van der Waals surface area contributed by atoms with Gasteiger partial charge in [0, 0.05) is 18.8 Å². The predicted octanol–water partition coefficient (Wildman–Crippen LogP) is 4.35. The molecule has 0 saturated carbocycles. The minimum absolute atomic E-state index is 0.446. The van der Waals surface area contributed by atoms with Gasteiger partial charge in [0.1, 0.15) is 5.75 Å². The van der Waals surface area contributed by atoms with E-state index in [-0.39, 0.29) is 0 Å². The van der Waals surface area contributed by atoms with Crippen LogP contribution in [-0.2, 0) is 0 Å². The third kappa shape index (κ3) is 2.88. The smallest absolute Gasteiger partial charge is 0.120 e. The van der Waals surface area contributed by atoms with Crippen LogP contribution in [0.1, 0.15) is 0 Å². The molecule has 5 heteroatoms. The minimum atomic E-state index is 0.446. The van der Waals surface area contributed by atoms with Gasteiger partial charge in [0.25, 0.3) is 0 Å². The van der Waals surface area contributed by atoms with Gasteiger partial charge in [0.05, 0.1) is 28.5 Å². The van der Waals surface area contributed by atoms with Crippen molar-refractivity contribution in [1.82, 2.24) is 0 Å². The van der Waals surface area contributed by atoms with E-state index in [0.717, 1.165) is 17.1 Å². The van der Waals surface area contributed by atoms with Gasteiger partial charge in [-0.05, 0) is 24.3 Å². The molecule has 0 fully saturated rings. The van der Waals surface area contributed by atoms with Gasteiger partial charge in [-0.1, -0.05) is 29.3 Å². The van der Waals surface area contributed by atoms with Crippen LogP contribution in [0.5, 0.6) is 5.75 Å². The molecule has 2 aromatic rings. The first-order valence-corrected chi connectivity index (χ1v) is 6.41. The van der Waals surface area contributed by atoms with Crippen molar-refractivity contribution >= 4 is 40.3 Å². The highest BCUT2D eigenvalue weighted by Gasteiger charge is 2.11. The molecule has 0 aromatic heterocycles. The van der Waals surface area contributed by atoms with Gasteiger partial charge in [-0.2, -0.15) is 0 Å². The van der Waals surface area contributed by atoms with Crippen LogP contribution < -0.4 is 15.4 Å². The second-order valence-electron chi connectivity index (χ2n) is 4.09. The summed E-state index contributed by atoms with van der Waals surface area (Å²) >= 11 is 12.0. The van der Waals surface area contributed by atoms with Crippen molar-refractivity contribution < 1.29 is 4.74 Å². The predicted molar refractivity (Wildman–Crippen MR) is 81.9 cm³/mol. The third-order valence-corrected chi connectivity index (χ3v) is 3.59. The van der Waals surface area contributed by atoms with Gasteiger partial charge in [-0.25, -0.2) is 0 Å². The fraction of sp³-hybridized carbons (Fsp3) is 0.143. The van der Waals surface area contributed by atoms with Crippen LogP contribution in [0.2, 0.25) is 10.0 Å². The third-order valence-electron chi connectivity index (χ3n) is 2.87. The van der Waals surface area contributed by atoms with Gasteiger partial charge in [-0.15, -0.1) is 0 Å². The molecule has 0 bridgehead atoms. The summed E-state index contributed by atoms with van der Waals surface area (Å²) in [7, 11) is 3.54. The van der Waals surface area contributed by atoms with Crippen molar-refractivity contribution in [3.05, 3.63) is 46.4 Å². The lowest BCUT2D eigenvalue weighted by Gasteiger charge is -2.22. The van der Waals surface area contributed by atoms with Crippen molar-refractivity contribution in [3.8, 4) is 5.75 Å². The lowest BCUT2D eigenvalue weighted by Crippen LogP contribution is -2.11. The molecule has 0 atom stereocenters. The van der Waals surface area contributed by atoms with E-state index in [1.807, 2.05) is 36.2 Å². The minimum Gasteiger partial charge on any atom is -0.497 e. The maximum atomic E-state index is 6.04. The van der Waals surface area contributed by atoms with Gasteiger partial charge in [0.2, 0.25) is 0 Å². The molecule has 2 rings (SSSR count). The maximum Gasteiger partial charge on any atom is 0.120 e. The highest BCUT2D eigenvalue weighted by atomic mass is 35.5. The molecule has 0 saturated heterocycles. The first-order valence-electron chi connectivity index (χ1n) is 5.65. The standard InChI is InChI=1S/C14H14Cl2N2O/c1-18(9-4-3-5-10(6-9)19-2)14-8-12(16)11(15)7-13(14)17/h3-8H,17H2,1-2H3. The molecule has 100 valence electrons. The highest BCUT2D eigenvalue weighted by molar-refractivity contribution is 6.42. The summed E-state index contributed by atoms with van der Waals surface area (Å²) in [6.07, 6.45) is 0. The fourth-order valence-corrected chi connectivity index (χ4v) is 2.13. The van der Waals surface area contributed by atoms with Gasteiger partial charge in [0.15, 0.2) is 0 Å². The first kappa shape index (κ1) is 13.8. The number of hydrogen-bond acceptors (Lipinski definition) is 3. The Morgan fingerprint density at radius 2 is 1.79 bits per heavy atom. The monoisotopic (exact) mass is 296 g/mol. The largest absolute Gasteiger partial charge is 0.497 e. The van der Waals surface area contributed by atoms with E-state index in [9.17, 15) is 0 Å². The van der Waals surface area contributed by atoms with Crippen molar-refractivity contribution in [3.63, 3.8) is 0 Å². The lowest BCUT2D eigenvalue weighted by molar-refractivity contribution is 0.415. The topological polar surface area (TPSA) is 38.5 Å². The van der Waals surface area contributed by atoms with Crippen molar-refractivity contribution in [2.24, 2.45) is 0 Å². The van der Waals surface area contributed by atoms with E-state index in [4.69, 9.17) is 33.7 Å². The number of nitrogens with two attached hydrogens (primary N) is 1. The molecule has 0 aliphatic rings. The normalized spacial score (nSPS) is 10.3. The lowest BCUT2D eigenvalue weighted by atomic mass is 10.2. The zero-order valence-corrected chi connectivity index (χ0v) is 12.2.